The molecule has 0 amide bonds. The molecule has 0 aromatic rings. The SMILES string of the molecule is COC(=O)[C@@H](C)C1CCC2C3=CC=C4C[C@@H](O)CCC4C3CC[C@@]21C. The predicted molar refractivity (Wildman–Crippen MR) is 97.7 cm³/mol. The standard InChI is InChI=1S/C22H32O3/c1-13(21(24)25-3)19-8-9-20-18-6-4-14-12-15(23)5-7-16(14)17(18)10-11-22(19,20)2/h4,6,13,15-17,19-20,23H,5,7-12H2,1-3H3/t13-,15-,16?,17?,19?,20?,22+/m0/s1. The highest BCUT2D eigenvalue weighted by Crippen LogP contribution is 2.63. The van der Waals surface area contributed by atoms with E-state index in [4.69, 9.17) is 4.74 Å². The Morgan fingerprint density at radius 2 is 2.00 bits per heavy atom. The molecule has 0 aromatic heterocycles. The van der Waals surface area contributed by atoms with Gasteiger partial charge >= 0.3 is 5.97 Å². The van der Waals surface area contributed by atoms with E-state index in [1.807, 2.05) is 0 Å². The molecular formula is C22H32O3. The molecule has 0 aromatic carbocycles. The largest absolute Gasteiger partial charge is 0.469 e. The fourth-order valence-corrected chi connectivity index (χ4v) is 6.84. The molecule has 25 heavy (non-hydrogen) atoms. The smallest absolute Gasteiger partial charge is 0.308 e. The molecule has 0 spiro atoms. The number of aliphatic hydroxyl groups excluding tert-OH is 1. The van der Waals surface area contributed by atoms with Crippen molar-refractivity contribution in [2.75, 3.05) is 7.11 Å². The highest BCUT2D eigenvalue weighted by atomic mass is 16.5. The van der Waals surface area contributed by atoms with E-state index in [2.05, 4.69) is 26.0 Å². The molecule has 0 radical (unpaired) electrons. The Hall–Kier alpha value is -1.09. The van der Waals surface area contributed by atoms with Gasteiger partial charge in [0.05, 0.1) is 19.1 Å². The van der Waals surface area contributed by atoms with E-state index in [-0.39, 0.29) is 23.4 Å². The molecule has 0 bridgehead atoms. The molecular weight excluding hydrogens is 312 g/mol. The van der Waals surface area contributed by atoms with Crippen molar-refractivity contribution in [2.45, 2.75) is 64.9 Å². The zero-order valence-corrected chi connectivity index (χ0v) is 15.8. The lowest BCUT2D eigenvalue weighted by Gasteiger charge is -2.50. The molecule has 7 atom stereocenters. The Labute approximate surface area is 151 Å². The fraction of sp³-hybridized carbons (Fsp3) is 0.773. The van der Waals surface area contributed by atoms with Gasteiger partial charge in [-0.05, 0) is 74.0 Å². The van der Waals surface area contributed by atoms with E-state index < -0.39 is 0 Å². The summed E-state index contributed by atoms with van der Waals surface area (Å²) in [4.78, 5) is 12.1. The van der Waals surface area contributed by atoms with Crippen molar-refractivity contribution in [1.29, 1.82) is 0 Å². The molecule has 4 aliphatic rings. The van der Waals surface area contributed by atoms with Crippen LogP contribution in [-0.4, -0.2) is 24.3 Å². The zero-order valence-electron chi connectivity index (χ0n) is 15.8. The van der Waals surface area contributed by atoms with Crippen molar-refractivity contribution in [3.05, 3.63) is 23.3 Å². The number of methoxy groups -OCH3 is 1. The second-order valence-corrected chi connectivity index (χ2v) is 9.15. The van der Waals surface area contributed by atoms with Gasteiger partial charge in [0.2, 0.25) is 0 Å². The number of aliphatic hydroxyl groups is 1. The van der Waals surface area contributed by atoms with Gasteiger partial charge in [-0.3, -0.25) is 4.79 Å². The summed E-state index contributed by atoms with van der Waals surface area (Å²) >= 11 is 0. The predicted octanol–water partition coefficient (Wildman–Crippen LogP) is 4.27. The van der Waals surface area contributed by atoms with Crippen LogP contribution in [0, 0.1) is 35.0 Å². The van der Waals surface area contributed by atoms with Crippen LogP contribution >= 0.6 is 0 Å². The van der Waals surface area contributed by atoms with Crippen LogP contribution in [0.5, 0.6) is 0 Å². The summed E-state index contributed by atoms with van der Waals surface area (Å²) in [6, 6.07) is 0. The minimum absolute atomic E-state index is 0.00308. The number of ether oxygens (including phenoxy) is 1. The second-order valence-electron chi connectivity index (χ2n) is 9.15. The van der Waals surface area contributed by atoms with Crippen LogP contribution in [0.25, 0.3) is 0 Å². The maximum Gasteiger partial charge on any atom is 0.308 e. The lowest BCUT2D eigenvalue weighted by molar-refractivity contribution is -0.148. The van der Waals surface area contributed by atoms with Crippen molar-refractivity contribution < 1.29 is 14.6 Å². The summed E-state index contributed by atoms with van der Waals surface area (Å²) in [7, 11) is 1.51. The third-order valence-electron chi connectivity index (χ3n) is 8.14. The van der Waals surface area contributed by atoms with Crippen molar-refractivity contribution in [1.82, 2.24) is 0 Å². The number of esters is 1. The molecule has 3 heteroatoms. The number of hydrogen-bond acceptors (Lipinski definition) is 3. The molecule has 0 saturated heterocycles. The number of rotatable bonds is 2. The average molecular weight is 344 g/mol. The van der Waals surface area contributed by atoms with Crippen molar-refractivity contribution in [2.24, 2.45) is 35.0 Å². The van der Waals surface area contributed by atoms with Crippen LogP contribution in [0.3, 0.4) is 0 Å². The molecule has 138 valence electrons. The molecule has 4 aliphatic carbocycles. The van der Waals surface area contributed by atoms with Crippen LogP contribution in [0.2, 0.25) is 0 Å². The first-order chi connectivity index (χ1) is 12.0. The van der Waals surface area contributed by atoms with E-state index >= 15 is 0 Å². The highest BCUT2D eigenvalue weighted by Gasteiger charge is 2.55. The number of carbonyl (C=O) groups is 1. The zero-order chi connectivity index (χ0) is 17.8. The molecule has 3 fully saturated rings. The van der Waals surface area contributed by atoms with Crippen LogP contribution in [0.15, 0.2) is 23.3 Å². The molecule has 0 heterocycles. The first-order valence-corrected chi connectivity index (χ1v) is 10.1. The third kappa shape index (κ3) is 2.61. The van der Waals surface area contributed by atoms with Gasteiger partial charge in [0, 0.05) is 0 Å². The van der Waals surface area contributed by atoms with Gasteiger partial charge in [-0.2, -0.15) is 0 Å². The molecule has 4 rings (SSSR count). The fourth-order valence-electron chi connectivity index (χ4n) is 6.84. The Bertz CT molecular complexity index is 619. The average Bonchev–Trinajstić information content (AvgIpc) is 2.97. The Morgan fingerprint density at radius 3 is 2.76 bits per heavy atom. The topological polar surface area (TPSA) is 46.5 Å². The van der Waals surface area contributed by atoms with Gasteiger partial charge in [-0.15, -0.1) is 0 Å². The van der Waals surface area contributed by atoms with Crippen molar-refractivity contribution in [3.63, 3.8) is 0 Å². The van der Waals surface area contributed by atoms with Gasteiger partial charge in [-0.25, -0.2) is 0 Å². The minimum Gasteiger partial charge on any atom is -0.469 e. The van der Waals surface area contributed by atoms with Crippen LogP contribution in [0.4, 0.5) is 0 Å². The van der Waals surface area contributed by atoms with Crippen molar-refractivity contribution >= 4 is 5.97 Å². The Balaban J connectivity index is 1.62. The Morgan fingerprint density at radius 1 is 1.20 bits per heavy atom. The van der Waals surface area contributed by atoms with Gasteiger partial charge in [-0.1, -0.05) is 37.1 Å². The van der Waals surface area contributed by atoms with E-state index in [1.54, 1.807) is 5.57 Å². The number of allylic oxidation sites excluding steroid dienone is 3. The maximum absolute atomic E-state index is 12.1. The summed E-state index contributed by atoms with van der Waals surface area (Å²) in [6.07, 6.45) is 12.3. The monoisotopic (exact) mass is 344 g/mol. The maximum atomic E-state index is 12.1. The van der Waals surface area contributed by atoms with Crippen LogP contribution in [0.1, 0.15) is 58.8 Å². The van der Waals surface area contributed by atoms with Crippen LogP contribution in [-0.2, 0) is 9.53 Å². The van der Waals surface area contributed by atoms with Crippen molar-refractivity contribution in [3.8, 4) is 0 Å². The van der Waals surface area contributed by atoms with E-state index in [1.165, 1.54) is 31.9 Å². The first-order valence-electron chi connectivity index (χ1n) is 10.1. The molecule has 0 aliphatic heterocycles. The van der Waals surface area contributed by atoms with Gasteiger partial charge in [0.25, 0.3) is 0 Å². The highest BCUT2D eigenvalue weighted by molar-refractivity contribution is 5.72. The summed E-state index contributed by atoms with van der Waals surface area (Å²) in [5, 5.41) is 10.0. The number of fused-ring (bicyclic) bond motifs is 5. The lowest BCUT2D eigenvalue weighted by Crippen LogP contribution is -2.43. The number of hydrogen-bond donors (Lipinski definition) is 1. The van der Waals surface area contributed by atoms with E-state index in [9.17, 15) is 9.90 Å². The number of carbonyl (C=O) groups excluding carboxylic acids is 1. The molecule has 4 unspecified atom stereocenters. The summed E-state index contributed by atoms with van der Waals surface area (Å²) in [5.41, 5.74) is 3.36. The quantitative estimate of drug-likeness (QED) is 0.761. The summed E-state index contributed by atoms with van der Waals surface area (Å²) in [5.74, 6) is 2.34. The van der Waals surface area contributed by atoms with Gasteiger partial charge in [0.15, 0.2) is 0 Å². The van der Waals surface area contributed by atoms with Crippen LogP contribution < -0.4 is 0 Å². The molecule has 1 N–H and O–H groups in total. The Kier molecular flexibility index (Phi) is 4.34. The summed E-state index contributed by atoms with van der Waals surface area (Å²) < 4.78 is 5.05. The van der Waals surface area contributed by atoms with Gasteiger partial charge < -0.3 is 9.84 Å². The third-order valence-corrected chi connectivity index (χ3v) is 8.14. The lowest BCUT2D eigenvalue weighted by atomic mass is 9.54. The van der Waals surface area contributed by atoms with Gasteiger partial charge in [0.1, 0.15) is 0 Å². The van der Waals surface area contributed by atoms with E-state index in [0.717, 1.165) is 25.7 Å². The molecule has 3 saturated carbocycles. The van der Waals surface area contributed by atoms with E-state index in [0.29, 0.717) is 23.7 Å². The minimum atomic E-state index is -0.136. The first kappa shape index (κ1) is 17.3. The normalized spacial score (nSPS) is 43.9. The second kappa shape index (κ2) is 6.26. The summed E-state index contributed by atoms with van der Waals surface area (Å²) in [6.45, 7) is 4.49. The molecule has 3 nitrogen and oxygen atoms in total.